The van der Waals surface area contributed by atoms with Crippen LogP contribution in [0.15, 0.2) is 34.3 Å². The molecule has 0 fully saturated rings. The Balaban J connectivity index is 2.02. The largest absolute Gasteiger partial charge is 0.465 e. The minimum Gasteiger partial charge on any atom is -0.465 e. The molecule has 0 unspecified atom stereocenters. The number of rotatable bonds is 5. The predicted octanol–water partition coefficient (Wildman–Crippen LogP) is 2.77. The number of benzene rings is 1. The first-order valence-electron chi connectivity index (χ1n) is 8.29. The summed E-state index contributed by atoms with van der Waals surface area (Å²) in [5.74, 6) is -0.345. The van der Waals surface area contributed by atoms with Crippen LogP contribution in [0.5, 0.6) is 0 Å². The Kier molecular flexibility index (Phi) is 5.13. The molecular weight excluding hydrogens is 352 g/mol. The van der Waals surface area contributed by atoms with Crippen molar-refractivity contribution in [1.29, 1.82) is 0 Å². The molecule has 1 atom stereocenters. The molecule has 3 rings (SSSR count). The second-order valence-electron chi connectivity index (χ2n) is 5.95. The first-order chi connectivity index (χ1) is 12.4. The minimum absolute atomic E-state index is 0.288. The lowest BCUT2D eigenvalue weighted by molar-refractivity contribution is -0.142. The molecule has 0 aliphatic carbocycles. The number of ether oxygens (including phenoxy) is 1. The summed E-state index contributed by atoms with van der Waals surface area (Å²) in [5, 5.41) is 4.59. The van der Waals surface area contributed by atoms with Crippen LogP contribution in [0.2, 0.25) is 0 Å². The average molecular weight is 372 g/mol. The summed E-state index contributed by atoms with van der Waals surface area (Å²) in [6.07, 6.45) is 1.50. The van der Waals surface area contributed by atoms with Crippen molar-refractivity contribution in [2.75, 3.05) is 6.61 Å². The molecule has 3 aromatic rings. The van der Waals surface area contributed by atoms with E-state index < -0.39 is 5.25 Å². The zero-order chi connectivity index (χ0) is 18.8. The number of carbonyl (C=O) groups excluding carboxylic acids is 1. The van der Waals surface area contributed by atoms with Gasteiger partial charge >= 0.3 is 5.97 Å². The van der Waals surface area contributed by atoms with E-state index in [0.29, 0.717) is 22.8 Å². The van der Waals surface area contributed by atoms with Gasteiger partial charge in [-0.2, -0.15) is 5.10 Å². The van der Waals surface area contributed by atoms with Gasteiger partial charge in [0.1, 0.15) is 10.6 Å². The van der Waals surface area contributed by atoms with Gasteiger partial charge in [0.25, 0.3) is 5.56 Å². The monoisotopic (exact) mass is 372 g/mol. The summed E-state index contributed by atoms with van der Waals surface area (Å²) in [6, 6.07) is 5.94. The van der Waals surface area contributed by atoms with Gasteiger partial charge in [-0.1, -0.05) is 17.8 Å². The summed E-state index contributed by atoms with van der Waals surface area (Å²) in [5.41, 5.74) is 3.30. The molecule has 0 aliphatic rings. The van der Waals surface area contributed by atoms with Gasteiger partial charge in [0.05, 0.1) is 18.5 Å². The van der Waals surface area contributed by atoms with Crippen LogP contribution in [0.4, 0.5) is 0 Å². The Morgan fingerprint density at radius 2 is 2.12 bits per heavy atom. The minimum atomic E-state index is -0.478. The van der Waals surface area contributed by atoms with E-state index in [1.165, 1.54) is 11.8 Å². The van der Waals surface area contributed by atoms with Crippen LogP contribution in [0.1, 0.15) is 25.0 Å². The first kappa shape index (κ1) is 18.2. The van der Waals surface area contributed by atoms with E-state index in [0.717, 1.165) is 23.0 Å². The van der Waals surface area contributed by atoms with Crippen LogP contribution >= 0.6 is 11.8 Å². The van der Waals surface area contributed by atoms with Gasteiger partial charge in [-0.25, -0.2) is 9.67 Å². The Labute approximate surface area is 154 Å². The lowest BCUT2D eigenvalue weighted by Crippen LogP contribution is -2.18. The SMILES string of the molecule is CCOC(=O)[C@H](C)Sc1nc2c(cnn2-c2ccc(C)c(C)c2)c(=O)[nH]1. The molecule has 0 bridgehead atoms. The van der Waals surface area contributed by atoms with E-state index >= 15 is 0 Å². The predicted molar refractivity (Wildman–Crippen MR) is 101 cm³/mol. The topological polar surface area (TPSA) is 89.9 Å². The fraction of sp³-hybridized carbons (Fsp3) is 0.333. The maximum Gasteiger partial charge on any atom is 0.319 e. The first-order valence-corrected chi connectivity index (χ1v) is 9.17. The third kappa shape index (κ3) is 3.50. The van der Waals surface area contributed by atoms with Crippen molar-refractivity contribution in [2.45, 2.75) is 38.1 Å². The lowest BCUT2D eigenvalue weighted by atomic mass is 10.1. The number of hydrogen-bond donors (Lipinski definition) is 1. The zero-order valence-corrected chi connectivity index (χ0v) is 15.9. The Hall–Kier alpha value is -2.61. The fourth-order valence-corrected chi connectivity index (χ4v) is 3.27. The summed E-state index contributed by atoms with van der Waals surface area (Å²) in [4.78, 5) is 31.4. The standard InChI is InChI=1S/C18H20N4O3S/c1-5-25-17(24)12(4)26-18-20-15-14(16(23)21-18)9-19-22(15)13-7-6-10(2)11(3)8-13/h6-9,12H,5H2,1-4H3,(H,20,21,23)/t12-/m0/s1. The van der Waals surface area contributed by atoms with Gasteiger partial charge in [0.15, 0.2) is 10.8 Å². The van der Waals surface area contributed by atoms with Crippen molar-refractivity contribution in [2.24, 2.45) is 0 Å². The van der Waals surface area contributed by atoms with E-state index in [2.05, 4.69) is 15.1 Å². The van der Waals surface area contributed by atoms with E-state index in [4.69, 9.17) is 4.74 Å². The number of esters is 1. The number of aromatic amines is 1. The van der Waals surface area contributed by atoms with Gasteiger partial charge in [-0.05, 0) is 51.0 Å². The molecule has 26 heavy (non-hydrogen) atoms. The van der Waals surface area contributed by atoms with Gasteiger partial charge in [-0.3, -0.25) is 9.59 Å². The van der Waals surface area contributed by atoms with Crippen molar-refractivity contribution in [3.8, 4) is 5.69 Å². The molecule has 0 aliphatic heterocycles. The maximum absolute atomic E-state index is 12.4. The zero-order valence-electron chi connectivity index (χ0n) is 15.1. The van der Waals surface area contributed by atoms with E-state index in [9.17, 15) is 9.59 Å². The number of thioether (sulfide) groups is 1. The highest BCUT2D eigenvalue weighted by Gasteiger charge is 2.19. The van der Waals surface area contributed by atoms with Crippen molar-refractivity contribution >= 4 is 28.8 Å². The van der Waals surface area contributed by atoms with Crippen molar-refractivity contribution in [3.63, 3.8) is 0 Å². The second kappa shape index (κ2) is 7.33. The lowest BCUT2D eigenvalue weighted by Gasteiger charge is -2.10. The number of nitrogens with one attached hydrogen (secondary N) is 1. The Morgan fingerprint density at radius 1 is 1.35 bits per heavy atom. The van der Waals surface area contributed by atoms with Gasteiger partial charge in [0.2, 0.25) is 0 Å². The molecule has 0 amide bonds. The van der Waals surface area contributed by atoms with Gasteiger partial charge in [0, 0.05) is 0 Å². The van der Waals surface area contributed by atoms with E-state index in [1.807, 2.05) is 32.0 Å². The normalized spacial score (nSPS) is 12.3. The third-order valence-electron chi connectivity index (χ3n) is 4.06. The number of H-pyrrole nitrogens is 1. The Bertz CT molecular complexity index is 1020. The molecule has 2 aromatic heterocycles. The van der Waals surface area contributed by atoms with E-state index in [-0.39, 0.29) is 11.5 Å². The summed E-state index contributed by atoms with van der Waals surface area (Å²) >= 11 is 1.15. The number of aryl methyl sites for hydroxylation is 2. The third-order valence-corrected chi connectivity index (χ3v) is 5.02. The molecular formula is C18H20N4O3S. The molecule has 8 heteroatoms. The van der Waals surface area contributed by atoms with Crippen LogP contribution in [0.3, 0.4) is 0 Å². The molecule has 0 saturated carbocycles. The number of hydrogen-bond acceptors (Lipinski definition) is 6. The van der Waals surface area contributed by atoms with Crippen LogP contribution < -0.4 is 5.56 Å². The van der Waals surface area contributed by atoms with Gasteiger partial charge in [-0.15, -0.1) is 0 Å². The average Bonchev–Trinajstić information content (AvgIpc) is 3.02. The number of fused-ring (bicyclic) bond motifs is 1. The highest BCUT2D eigenvalue weighted by atomic mass is 32.2. The number of nitrogens with zero attached hydrogens (tertiary/aromatic N) is 3. The summed E-state index contributed by atoms with van der Waals surface area (Å²) < 4.78 is 6.63. The number of aromatic nitrogens is 4. The molecule has 2 heterocycles. The van der Waals surface area contributed by atoms with Crippen molar-refractivity contribution in [1.82, 2.24) is 19.7 Å². The molecule has 0 saturated heterocycles. The fourth-order valence-electron chi connectivity index (χ4n) is 2.48. The molecule has 0 spiro atoms. The quantitative estimate of drug-likeness (QED) is 0.421. The summed E-state index contributed by atoms with van der Waals surface area (Å²) in [6.45, 7) is 7.84. The highest BCUT2D eigenvalue weighted by Crippen LogP contribution is 2.22. The molecule has 7 nitrogen and oxygen atoms in total. The van der Waals surface area contributed by atoms with Crippen molar-refractivity contribution in [3.05, 3.63) is 45.9 Å². The van der Waals surface area contributed by atoms with Crippen molar-refractivity contribution < 1.29 is 9.53 Å². The van der Waals surface area contributed by atoms with Crippen LogP contribution in [0.25, 0.3) is 16.7 Å². The smallest absolute Gasteiger partial charge is 0.319 e. The summed E-state index contributed by atoms with van der Waals surface area (Å²) in [7, 11) is 0. The maximum atomic E-state index is 12.4. The van der Waals surface area contributed by atoms with Crippen LogP contribution in [-0.4, -0.2) is 37.6 Å². The Morgan fingerprint density at radius 3 is 2.81 bits per heavy atom. The molecule has 0 radical (unpaired) electrons. The van der Waals surface area contributed by atoms with Crippen LogP contribution in [0, 0.1) is 13.8 Å². The molecule has 1 aromatic carbocycles. The molecule has 136 valence electrons. The highest BCUT2D eigenvalue weighted by molar-refractivity contribution is 8.00. The van der Waals surface area contributed by atoms with Gasteiger partial charge < -0.3 is 9.72 Å². The number of carbonyl (C=O) groups is 1. The molecule has 1 N–H and O–H groups in total. The van der Waals surface area contributed by atoms with E-state index in [1.54, 1.807) is 18.5 Å². The second-order valence-corrected chi connectivity index (χ2v) is 7.27. The van der Waals surface area contributed by atoms with Crippen LogP contribution in [-0.2, 0) is 9.53 Å².